The molecule has 1 aliphatic carbocycles. The SMILES string of the molecule is COc1ccc2c(c1)CCc1cc(C(=O)NCCCN3CCCC3=O)sc1-2. The molecule has 0 saturated carbocycles. The molecule has 1 aromatic heterocycles. The van der Waals surface area contributed by atoms with Crippen molar-refractivity contribution in [3.8, 4) is 16.2 Å². The zero-order valence-electron chi connectivity index (χ0n) is 15.5. The Morgan fingerprint density at radius 1 is 1.22 bits per heavy atom. The van der Waals surface area contributed by atoms with Gasteiger partial charge in [0, 0.05) is 30.9 Å². The summed E-state index contributed by atoms with van der Waals surface area (Å²) in [7, 11) is 1.68. The first-order chi connectivity index (χ1) is 13.2. The molecule has 0 unspecified atom stereocenters. The molecule has 6 heteroatoms. The average molecular weight is 385 g/mol. The molecule has 0 radical (unpaired) electrons. The number of fused-ring (bicyclic) bond motifs is 3. The van der Waals surface area contributed by atoms with Crippen LogP contribution in [0.3, 0.4) is 0 Å². The summed E-state index contributed by atoms with van der Waals surface area (Å²) in [5, 5.41) is 3.00. The van der Waals surface area contributed by atoms with E-state index in [1.807, 2.05) is 17.0 Å². The van der Waals surface area contributed by atoms with Crippen molar-refractivity contribution in [3.05, 3.63) is 40.3 Å². The predicted octanol–water partition coefficient (Wildman–Crippen LogP) is 3.26. The zero-order chi connectivity index (χ0) is 18.8. The minimum Gasteiger partial charge on any atom is -0.497 e. The molecule has 2 heterocycles. The second kappa shape index (κ2) is 7.72. The summed E-state index contributed by atoms with van der Waals surface area (Å²) < 4.78 is 5.32. The van der Waals surface area contributed by atoms with Crippen molar-refractivity contribution in [2.45, 2.75) is 32.1 Å². The van der Waals surface area contributed by atoms with E-state index in [2.05, 4.69) is 17.4 Å². The van der Waals surface area contributed by atoms with E-state index in [9.17, 15) is 9.59 Å². The minimum absolute atomic E-state index is 0.0165. The highest BCUT2D eigenvalue weighted by molar-refractivity contribution is 7.17. The zero-order valence-corrected chi connectivity index (χ0v) is 16.4. The first-order valence-corrected chi connectivity index (χ1v) is 10.3. The Morgan fingerprint density at radius 2 is 2.07 bits per heavy atom. The lowest BCUT2D eigenvalue weighted by Gasteiger charge is -2.16. The number of methoxy groups -OCH3 is 1. The standard InChI is InChI=1S/C21H24N2O3S/c1-26-16-7-8-17-14(12-16)5-6-15-13-18(27-20(15)17)21(25)22-9-3-11-23-10-2-4-19(23)24/h7-8,12-13H,2-6,9-11H2,1H3,(H,22,25). The highest BCUT2D eigenvalue weighted by Crippen LogP contribution is 2.40. The van der Waals surface area contributed by atoms with Gasteiger partial charge in [-0.2, -0.15) is 0 Å². The third kappa shape index (κ3) is 3.72. The van der Waals surface area contributed by atoms with Crippen molar-refractivity contribution in [1.29, 1.82) is 0 Å². The molecule has 2 aliphatic rings. The summed E-state index contributed by atoms with van der Waals surface area (Å²) in [5.74, 6) is 1.10. The van der Waals surface area contributed by atoms with Crippen LogP contribution in [0.2, 0.25) is 0 Å². The molecule has 5 nitrogen and oxygen atoms in total. The third-order valence-corrected chi connectivity index (χ3v) is 6.52. The van der Waals surface area contributed by atoms with Crippen LogP contribution in [0.4, 0.5) is 0 Å². The van der Waals surface area contributed by atoms with E-state index in [-0.39, 0.29) is 11.8 Å². The van der Waals surface area contributed by atoms with E-state index in [1.165, 1.54) is 21.6 Å². The number of ether oxygens (including phenoxy) is 1. The molecule has 27 heavy (non-hydrogen) atoms. The average Bonchev–Trinajstić information content (AvgIpc) is 3.30. The topological polar surface area (TPSA) is 58.6 Å². The van der Waals surface area contributed by atoms with Gasteiger partial charge in [-0.3, -0.25) is 9.59 Å². The highest BCUT2D eigenvalue weighted by Gasteiger charge is 2.22. The molecular weight excluding hydrogens is 360 g/mol. The lowest BCUT2D eigenvalue weighted by atomic mass is 9.91. The number of benzene rings is 1. The molecule has 1 saturated heterocycles. The van der Waals surface area contributed by atoms with Gasteiger partial charge in [-0.05, 0) is 66.6 Å². The second-order valence-corrected chi connectivity index (χ2v) is 8.13. The fourth-order valence-electron chi connectivity index (χ4n) is 3.85. The summed E-state index contributed by atoms with van der Waals surface area (Å²) in [5.41, 5.74) is 3.75. The van der Waals surface area contributed by atoms with Crippen molar-refractivity contribution in [3.63, 3.8) is 0 Å². The van der Waals surface area contributed by atoms with Gasteiger partial charge in [0.15, 0.2) is 0 Å². The maximum absolute atomic E-state index is 12.5. The van der Waals surface area contributed by atoms with Crippen LogP contribution in [0.5, 0.6) is 5.75 Å². The fourth-order valence-corrected chi connectivity index (χ4v) is 5.04. The maximum Gasteiger partial charge on any atom is 0.261 e. The van der Waals surface area contributed by atoms with Crippen LogP contribution < -0.4 is 10.1 Å². The number of carbonyl (C=O) groups is 2. The van der Waals surface area contributed by atoms with Crippen LogP contribution in [0.25, 0.3) is 10.4 Å². The van der Waals surface area contributed by atoms with Crippen LogP contribution in [0.15, 0.2) is 24.3 Å². The number of hydrogen-bond acceptors (Lipinski definition) is 4. The Kier molecular flexibility index (Phi) is 5.16. The van der Waals surface area contributed by atoms with Gasteiger partial charge in [0.2, 0.25) is 5.91 Å². The smallest absolute Gasteiger partial charge is 0.261 e. The van der Waals surface area contributed by atoms with Gasteiger partial charge < -0.3 is 15.0 Å². The van der Waals surface area contributed by atoms with Gasteiger partial charge >= 0.3 is 0 Å². The van der Waals surface area contributed by atoms with Crippen molar-refractivity contribution < 1.29 is 14.3 Å². The van der Waals surface area contributed by atoms with E-state index >= 15 is 0 Å². The van der Waals surface area contributed by atoms with Crippen molar-refractivity contribution in [1.82, 2.24) is 10.2 Å². The molecule has 4 rings (SSSR count). The monoisotopic (exact) mass is 384 g/mol. The molecule has 2 amide bonds. The van der Waals surface area contributed by atoms with E-state index in [1.54, 1.807) is 18.4 Å². The van der Waals surface area contributed by atoms with Gasteiger partial charge in [-0.25, -0.2) is 0 Å². The molecule has 142 valence electrons. The number of carbonyl (C=O) groups excluding carboxylic acids is 2. The predicted molar refractivity (Wildman–Crippen MR) is 106 cm³/mol. The van der Waals surface area contributed by atoms with Crippen LogP contribution in [-0.2, 0) is 17.6 Å². The molecule has 0 bridgehead atoms. The van der Waals surface area contributed by atoms with E-state index < -0.39 is 0 Å². The molecule has 1 aromatic carbocycles. The Bertz CT molecular complexity index is 874. The Balaban J connectivity index is 1.38. The lowest BCUT2D eigenvalue weighted by Crippen LogP contribution is -2.30. The number of likely N-dealkylation sites (tertiary alicyclic amines) is 1. The quantitative estimate of drug-likeness (QED) is 0.778. The fraction of sp³-hybridized carbons (Fsp3) is 0.429. The molecule has 0 spiro atoms. The summed E-state index contributed by atoms with van der Waals surface area (Å²) >= 11 is 1.57. The minimum atomic E-state index is -0.0165. The van der Waals surface area contributed by atoms with E-state index in [4.69, 9.17) is 4.74 Å². The van der Waals surface area contributed by atoms with Crippen LogP contribution in [0.1, 0.15) is 40.1 Å². The summed E-state index contributed by atoms with van der Waals surface area (Å²) in [6.07, 6.45) is 4.35. The number of amides is 2. The van der Waals surface area contributed by atoms with Crippen molar-refractivity contribution in [2.75, 3.05) is 26.7 Å². The summed E-state index contributed by atoms with van der Waals surface area (Å²) in [6.45, 7) is 2.18. The lowest BCUT2D eigenvalue weighted by molar-refractivity contribution is -0.127. The van der Waals surface area contributed by atoms with Gasteiger partial charge in [0.05, 0.1) is 12.0 Å². The van der Waals surface area contributed by atoms with Gasteiger partial charge in [0.25, 0.3) is 5.91 Å². The Labute approximate surface area is 163 Å². The van der Waals surface area contributed by atoms with Crippen LogP contribution in [0, 0.1) is 0 Å². The molecule has 1 N–H and O–H groups in total. The van der Waals surface area contributed by atoms with Crippen molar-refractivity contribution >= 4 is 23.2 Å². The number of thiophene rings is 1. The molecule has 0 atom stereocenters. The van der Waals surface area contributed by atoms with Gasteiger partial charge in [-0.1, -0.05) is 0 Å². The number of rotatable bonds is 6. The first kappa shape index (κ1) is 18.0. The van der Waals surface area contributed by atoms with Gasteiger partial charge in [-0.15, -0.1) is 11.3 Å². The Morgan fingerprint density at radius 3 is 2.85 bits per heavy atom. The number of hydrogen-bond donors (Lipinski definition) is 1. The number of nitrogens with zero attached hydrogens (tertiary/aromatic N) is 1. The third-order valence-electron chi connectivity index (χ3n) is 5.32. The number of aryl methyl sites for hydroxylation is 2. The first-order valence-electron chi connectivity index (χ1n) is 9.51. The largest absolute Gasteiger partial charge is 0.497 e. The molecule has 1 aliphatic heterocycles. The summed E-state index contributed by atoms with van der Waals surface area (Å²) in [4.78, 5) is 28.0. The molecule has 2 aromatic rings. The van der Waals surface area contributed by atoms with Crippen LogP contribution in [-0.4, -0.2) is 43.5 Å². The molecule has 1 fully saturated rings. The Hall–Kier alpha value is -2.34. The van der Waals surface area contributed by atoms with Crippen LogP contribution >= 0.6 is 11.3 Å². The van der Waals surface area contributed by atoms with Gasteiger partial charge in [0.1, 0.15) is 5.75 Å². The normalized spacial score (nSPS) is 15.4. The molecular formula is C21H24N2O3S. The summed E-state index contributed by atoms with van der Waals surface area (Å²) in [6, 6.07) is 8.20. The second-order valence-electron chi connectivity index (χ2n) is 7.08. The van der Waals surface area contributed by atoms with Crippen molar-refractivity contribution in [2.24, 2.45) is 0 Å². The van der Waals surface area contributed by atoms with E-state index in [0.717, 1.165) is 49.4 Å². The maximum atomic E-state index is 12.5. The van der Waals surface area contributed by atoms with E-state index in [0.29, 0.717) is 13.0 Å². The highest BCUT2D eigenvalue weighted by atomic mass is 32.1. The number of nitrogens with one attached hydrogen (secondary N) is 1.